The summed E-state index contributed by atoms with van der Waals surface area (Å²) < 4.78 is 0. The number of thiophene rings is 1. The van der Waals surface area contributed by atoms with E-state index in [1.165, 1.54) is 20.2 Å². The molecule has 1 heterocycles. The molecular weight excluding hydrogens is 234 g/mol. The third kappa shape index (κ3) is 2.49. The summed E-state index contributed by atoms with van der Waals surface area (Å²) in [4.78, 5) is 19.1. The number of hydrogen-bond acceptors (Lipinski definition) is 3. The molecule has 1 aliphatic rings. The fourth-order valence-electron chi connectivity index (χ4n) is 2.11. The number of amides is 1. The van der Waals surface area contributed by atoms with E-state index < -0.39 is 0 Å². The Morgan fingerprint density at radius 1 is 1.71 bits per heavy atom. The Bertz CT molecular complexity index is 453. The summed E-state index contributed by atoms with van der Waals surface area (Å²) in [6, 6.07) is 2.31. The lowest BCUT2D eigenvalue weighted by Crippen LogP contribution is -2.33. The van der Waals surface area contributed by atoms with Gasteiger partial charge in [-0.2, -0.15) is 0 Å². The first kappa shape index (κ1) is 12.1. The van der Waals surface area contributed by atoms with Crippen LogP contribution in [0.2, 0.25) is 0 Å². The quantitative estimate of drug-likeness (QED) is 0.495. The zero-order chi connectivity index (χ0) is 12.4. The number of nitrogens with zero attached hydrogens (tertiary/aromatic N) is 2. The molecule has 17 heavy (non-hydrogen) atoms. The Kier molecular flexibility index (Phi) is 3.47. The van der Waals surface area contributed by atoms with Crippen LogP contribution in [0.1, 0.15) is 34.2 Å². The van der Waals surface area contributed by atoms with Gasteiger partial charge in [0.25, 0.3) is 0 Å². The Morgan fingerprint density at radius 2 is 2.47 bits per heavy atom. The fraction of sp³-hybridized carbons (Fsp3) is 0.500. The molecule has 0 bridgehead atoms. The molecular formula is C12H17N3OS. The number of rotatable bonds is 2. The average molecular weight is 251 g/mol. The summed E-state index contributed by atoms with van der Waals surface area (Å²) in [5.41, 5.74) is 7.06. The molecule has 0 fully saturated rings. The fourth-order valence-corrected chi connectivity index (χ4v) is 3.24. The maximum Gasteiger partial charge on any atom is 0.216 e. The van der Waals surface area contributed by atoms with E-state index in [0.29, 0.717) is 12.4 Å². The Hall–Kier alpha value is -1.36. The van der Waals surface area contributed by atoms with Gasteiger partial charge in [-0.15, -0.1) is 11.3 Å². The number of aryl methyl sites for hydroxylation is 2. The first-order chi connectivity index (χ1) is 8.11. The van der Waals surface area contributed by atoms with Crippen molar-refractivity contribution in [2.45, 2.75) is 32.2 Å². The lowest BCUT2D eigenvalue weighted by atomic mass is 9.94. The minimum Gasteiger partial charge on any atom is -0.369 e. The molecule has 92 valence electrons. The summed E-state index contributed by atoms with van der Waals surface area (Å²) in [5, 5.41) is 0. The first-order valence-electron chi connectivity index (χ1n) is 5.72. The van der Waals surface area contributed by atoms with Crippen LogP contribution in [-0.4, -0.2) is 24.3 Å². The first-order valence-corrected chi connectivity index (χ1v) is 6.54. The zero-order valence-corrected chi connectivity index (χ0v) is 11.0. The second-order valence-corrected chi connectivity index (χ2v) is 5.69. The third-order valence-corrected chi connectivity index (χ3v) is 4.14. The van der Waals surface area contributed by atoms with Crippen LogP contribution in [0.15, 0.2) is 11.1 Å². The third-order valence-electron chi connectivity index (χ3n) is 3.01. The number of carbonyl (C=O) groups is 1. The van der Waals surface area contributed by atoms with Gasteiger partial charge >= 0.3 is 0 Å². The van der Waals surface area contributed by atoms with Gasteiger partial charge in [0.1, 0.15) is 0 Å². The van der Waals surface area contributed by atoms with Gasteiger partial charge in [-0.25, -0.2) is 4.99 Å². The molecule has 1 aromatic heterocycles. The van der Waals surface area contributed by atoms with Gasteiger partial charge in [0.05, 0.1) is 6.04 Å². The predicted octanol–water partition coefficient (Wildman–Crippen LogP) is 1.84. The van der Waals surface area contributed by atoms with Crippen LogP contribution >= 0.6 is 11.3 Å². The van der Waals surface area contributed by atoms with Crippen molar-refractivity contribution in [2.24, 2.45) is 10.7 Å². The lowest BCUT2D eigenvalue weighted by molar-refractivity contribution is -0.114. The van der Waals surface area contributed by atoms with E-state index in [1.807, 2.05) is 11.3 Å². The van der Waals surface area contributed by atoms with Gasteiger partial charge in [-0.3, -0.25) is 9.69 Å². The summed E-state index contributed by atoms with van der Waals surface area (Å²) >= 11 is 1.84. The molecule has 5 heteroatoms. The van der Waals surface area contributed by atoms with Crippen molar-refractivity contribution in [2.75, 3.05) is 7.05 Å². The molecule has 0 aliphatic heterocycles. The topological polar surface area (TPSA) is 58.7 Å². The minimum absolute atomic E-state index is 0.117. The van der Waals surface area contributed by atoms with Gasteiger partial charge in [-0.05, 0) is 37.8 Å². The molecule has 0 aromatic carbocycles. The largest absolute Gasteiger partial charge is 0.369 e. The van der Waals surface area contributed by atoms with Crippen LogP contribution in [0.25, 0.3) is 0 Å². The van der Waals surface area contributed by atoms with Crippen molar-refractivity contribution >= 4 is 23.7 Å². The van der Waals surface area contributed by atoms with Crippen LogP contribution in [0.3, 0.4) is 0 Å². The van der Waals surface area contributed by atoms with Crippen LogP contribution in [0.5, 0.6) is 0 Å². The van der Waals surface area contributed by atoms with Crippen LogP contribution < -0.4 is 5.73 Å². The van der Waals surface area contributed by atoms with E-state index in [-0.39, 0.29) is 6.04 Å². The maximum absolute atomic E-state index is 10.6. The molecule has 1 aliphatic carbocycles. The Balaban J connectivity index is 2.26. The van der Waals surface area contributed by atoms with Gasteiger partial charge in [0, 0.05) is 16.8 Å². The average Bonchev–Trinajstić information content (AvgIpc) is 2.69. The van der Waals surface area contributed by atoms with Gasteiger partial charge < -0.3 is 5.73 Å². The molecule has 1 amide bonds. The second-order valence-electron chi connectivity index (χ2n) is 4.35. The number of guanidine groups is 1. The molecule has 4 nitrogen and oxygen atoms in total. The molecule has 1 atom stereocenters. The van der Waals surface area contributed by atoms with Crippen molar-refractivity contribution < 1.29 is 4.79 Å². The van der Waals surface area contributed by atoms with Crippen molar-refractivity contribution in [3.8, 4) is 0 Å². The molecule has 0 spiro atoms. The molecule has 1 unspecified atom stereocenters. The smallest absolute Gasteiger partial charge is 0.216 e. The van der Waals surface area contributed by atoms with Crippen molar-refractivity contribution in [3.05, 3.63) is 21.4 Å². The number of hydrogen-bond donors (Lipinski definition) is 1. The SMILES string of the molecule is Cc1cc2c(s1)CCCC2N=C(N)N(C)C=O. The normalized spacial score (nSPS) is 19.9. The molecule has 2 rings (SSSR count). The van der Waals surface area contributed by atoms with Gasteiger partial charge in [0.15, 0.2) is 5.96 Å². The van der Waals surface area contributed by atoms with Gasteiger partial charge in [-0.1, -0.05) is 0 Å². The lowest BCUT2D eigenvalue weighted by Gasteiger charge is -2.20. The highest BCUT2D eigenvalue weighted by atomic mass is 32.1. The molecule has 0 saturated carbocycles. The minimum atomic E-state index is 0.117. The van der Waals surface area contributed by atoms with Crippen molar-refractivity contribution in [1.29, 1.82) is 0 Å². The number of carbonyl (C=O) groups excluding carboxylic acids is 1. The van der Waals surface area contributed by atoms with E-state index >= 15 is 0 Å². The summed E-state index contributed by atoms with van der Waals surface area (Å²) in [7, 11) is 1.62. The molecule has 1 aromatic rings. The maximum atomic E-state index is 10.6. The predicted molar refractivity (Wildman–Crippen MR) is 70.2 cm³/mol. The van der Waals surface area contributed by atoms with Crippen molar-refractivity contribution in [3.63, 3.8) is 0 Å². The van der Waals surface area contributed by atoms with E-state index in [0.717, 1.165) is 19.3 Å². The highest BCUT2D eigenvalue weighted by molar-refractivity contribution is 7.12. The van der Waals surface area contributed by atoms with E-state index in [4.69, 9.17) is 5.73 Å². The molecule has 0 saturated heterocycles. The van der Waals surface area contributed by atoms with Crippen LogP contribution in [0, 0.1) is 6.92 Å². The monoisotopic (exact) mass is 251 g/mol. The molecule has 2 N–H and O–H groups in total. The molecule has 0 radical (unpaired) electrons. The number of nitrogens with two attached hydrogens (primary N) is 1. The van der Waals surface area contributed by atoms with Crippen molar-refractivity contribution in [1.82, 2.24) is 4.90 Å². The zero-order valence-electron chi connectivity index (χ0n) is 10.1. The van der Waals surface area contributed by atoms with E-state index in [1.54, 1.807) is 7.05 Å². The highest BCUT2D eigenvalue weighted by Crippen LogP contribution is 2.37. The summed E-state index contributed by atoms with van der Waals surface area (Å²) in [6.07, 6.45) is 3.97. The van der Waals surface area contributed by atoms with Crippen LogP contribution in [0.4, 0.5) is 0 Å². The van der Waals surface area contributed by atoms with E-state index in [9.17, 15) is 4.79 Å². The second kappa shape index (κ2) is 4.87. The number of fused-ring (bicyclic) bond motifs is 1. The highest BCUT2D eigenvalue weighted by Gasteiger charge is 2.22. The Labute approximate surface area is 105 Å². The number of aliphatic imine (C=N–C) groups is 1. The van der Waals surface area contributed by atoms with Gasteiger partial charge in [0.2, 0.25) is 6.41 Å². The van der Waals surface area contributed by atoms with Crippen LogP contribution in [-0.2, 0) is 11.2 Å². The summed E-state index contributed by atoms with van der Waals surface area (Å²) in [6.45, 7) is 2.12. The van der Waals surface area contributed by atoms with E-state index in [2.05, 4.69) is 18.0 Å². The standard InChI is InChI=1S/C12H17N3OS/c1-8-6-9-10(4-3-5-11(9)17-8)14-12(13)15(2)7-16/h6-7,10H,3-5H2,1-2H3,(H2,13,14). The summed E-state index contributed by atoms with van der Waals surface area (Å²) in [5.74, 6) is 0.293. The Morgan fingerprint density at radius 3 is 3.18 bits per heavy atom.